The van der Waals surface area contributed by atoms with Gasteiger partial charge in [-0.3, -0.25) is 0 Å². The first-order chi connectivity index (χ1) is 12.2. The highest BCUT2D eigenvalue weighted by Crippen LogP contribution is 2.36. The average Bonchev–Trinajstić information content (AvgIpc) is 3.07. The van der Waals surface area contributed by atoms with Crippen molar-refractivity contribution >= 4 is 33.7 Å². The lowest BCUT2D eigenvalue weighted by atomic mass is 10.1. The Morgan fingerprint density at radius 2 is 1.52 bits per heavy atom. The Balaban J connectivity index is 1.95. The van der Waals surface area contributed by atoms with Gasteiger partial charge in [-0.1, -0.05) is 0 Å². The van der Waals surface area contributed by atoms with Gasteiger partial charge in [0.25, 0.3) is 0 Å². The van der Waals surface area contributed by atoms with E-state index in [0.717, 1.165) is 26.5 Å². The van der Waals surface area contributed by atoms with E-state index in [1.54, 1.807) is 39.8 Å². The molecule has 0 N–H and O–H groups in total. The molecule has 130 valence electrons. The van der Waals surface area contributed by atoms with E-state index in [2.05, 4.69) is 4.98 Å². The van der Waals surface area contributed by atoms with Crippen molar-refractivity contribution in [1.82, 2.24) is 4.98 Å². The Hall–Kier alpha value is -2.73. The molecule has 0 saturated heterocycles. The number of benzene rings is 2. The molecule has 0 unspecified atom stereocenters. The molecule has 0 aliphatic rings. The van der Waals surface area contributed by atoms with Crippen molar-refractivity contribution in [3.05, 3.63) is 40.9 Å². The number of hydrogen-bond donors (Lipinski definition) is 0. The monoisotopic (exact) mass is 357 g/mol. The number of fused-ring (bicyclic) bond motifs is 1. The van der Waals surface area contributed by atoms with E-state index in [1.165, 1.54) is 0 Å². The van der Waals surface area contributed by atoms with E-state index >= 15 is 0 Å². The second kappa shape index (κ2) is 7.44. The molecule has 0 atom stereocenters. The first-order valence-corrected chi connectivity index (χ1v) is 8.42. The van der Waals surface area contributed by atoms with Gasteiger partial charge in [-0.25, -0.2) is 4.98 Å². The molecule has 0 saturated carbocycles. The number of rotatable bonds is 6. The number of ether oxygens (including phenoxy) is 4. The third kappa shape index (κ3) is 3.53. The zero-order valence-electron chi connectivity index (χ0n) is 14.5. The topological polar surface area (TPSA) is 49.8 Å². The minimum Gasteiger partial charge on any atom is -0.497 e. The third-order valence-corrected chi connectivity index (χ3v) is 4.74. The lowest BCUT2D eigenvalue weighted by molar-refractivity contribution is 0.348. The van der Waals surface area contributed by atoms with Crippen LogP contribution in [-0.2, 0) is 0 Å². The number of hydrogen-bond acceptors (Lipinski definition) is 6. The summed E-state index contributed by atoms with van der Waals surface area (Å²) in [5, 5.41) is 0.903. The second-order valence-corrected chi connectivity index (χ2v) is 6.23. The van der Waals surface area contributed by atoms with Crippen LogP contribution in [0, 0.1) is 0 Å². The zero-order chi connectivity index (χ0) is 17.8. The summed E-state index contributed by atoms with van der Waals surface area (Å²) in [5.74, 6) is 2.81. The molecule has 1 aromatic heterocycles. The van der Waals surface area contributed by atoms with Crippen LogP contribution >= 0.6 is 11.3 Å². The molecule has 25 heavy (non-hydrogen) atoms. The minimum atomic E-state index is 0.628. The normalized spacial score (nSPS) is 11.0. The molecular formula is C19H19NO4S. The van der Waals surface area contributed by atoms with Gasteiger partial charge in [-0.05, 0) is 36.4 Å². The predicted octanol–water partition coefficient (Wildman–Crippen LogP) is 4.50. The summed E-state index contributed by atoms with van der Waals surface area (Å²) in [6.07, 6.45) is 3.91. The van der Waals surface area contributed by atoms with Crippen molar-refractivity contribution in [1.29, 1.82) is 0 Å². The summed E-state index contributed by atoms with van der Waals surface area (Å²) in [6, 6.07) is 9.54. The van der Waals surface area contributed by atoms with Gasteiger partial charge in [-0.15, -0.1) is 11.3 Å². The molecule has 0 spiro atoms. The summed E-state index contributed by atoms with van der Waals surface area (Å²) in [7, 11) is 6.50. The Kier molecular flexibility index (Phi) is 5.09. The Morgan fingerprint density at radius 1 is 0.800 bits per heavy atom. The van der Waals surface area contributed by atoms with Crippen LogP contribution in [0.25, 0.3) is 22.4 Å². The van der Waals surface area contributed by atoms with E-state index in [4.69, 9.17) is 18.9 Å². The van der Waals surface area contributed by atoms with E-state index in [-0.39, 0.29) is 0 Å². The van der Waals surface area contributed by atoms with Crippen LogP contribution < -0.4 is 18.9 Å². The SMILES string of the molecule is COc1ccc2nc(C=Cc3cc(OC)c(OC)cc3OC)sc2c1. The largest absolute Gasteiger partial charge is 0.497 e. The summed E-state index contributed by atoms with van der Waals surface area (Å²) < 4.78 is 22.5. The first-order valence-electron chi connectivity index (χ1n) is 7.61. The fourth-order valence-electron chi connectivity index (χ4n) is 2.47. The molecule has 0 aliphatic heterocycles. The van der Waals surface area contributed by atoms with Crippen molar-refractivity contribution in [2.75, 3.05) is 28.4 Å². The van der Waals surface area contributed by atoms with E-state index in [0.29, 0.717) is 17.2 Å². The molecule has 1 heterocycles. The smallest absolute Gasteiger partial charge is 0.164 e. The lowest BCUT2D eigenvalue weighted by Crippen LogP contribution is -1.94. The second-order valence-electron chi connectivity index (χ2n) is 5.17. The zero-order valence-corrected chi connectivity index (χ0v) is 15.3. The molecule has 0 aliphatic carbocycles. The molecule has 5 nitrogen and oxygen atoms in total. The first kappa shape index (κ1) is 17.1. The minimum absolute atomic E-state index is 0.628. The van der Waals surface area contributed by atoms with E-state index in [1.807, 2.05) is 42.5 Å². The lowest BCUT2D eigenvalue weighted by Gasteiger charge is -2.11. The summed E-state index contributed by atoms with van der Waals surface area (Å²) in [6.45, 7) is 0. The molecule has 0 fully saturated rings. The van der Waals surface area contributed by atoms with Gasteiger partial charge in [0.05, 0.1) is 38.7 Å². The number of thiazole rings is 1. The number of nitrogens with zero attached hydrogens (tertiary/aromatic N) is 1. The molecule has 0 amide bonds. The van der Waals surface area contributed by atoms with Gasteiger partial charge >= 0.3 is 0 Å². The number of methoxy groups -OCH3 is 4. The molecule has 2 aromatic carbocycles. The van der Waals surface area contributed by atoms with Gasteiger partial charge in [0.2, 0.25) is 0 Å². The summed E-state index contributed by atoms with van der Waals surface area (Å²) in [4.78, 5) is 4.61. The number of aromatic nitrogens is 1. The molecular weight excluding hydrogens is 338 g/mol. The van der Waals surface area contributed by atoms with Gasteiger partial charge in [0, 0.05) is 11.6 Å². The van der Waals surface area contributed by atoms with Crippen LogP contribution in [0.15, 0.2) is 30.3 Å². The maximum atomic E-state index is 5.44. The fourth-order valence-corrected chi connectivity index (χ4v) is 3.36. The van der Waals surface area contributed by atoms with Gasteiger partial charge in [0.15, 0.2) is 11.5 Å². The Labute approximate surface area is 150 Å². The van der Waals surface area contributed by atoms with E-state index in [9.17, 15) is 0 Å². The highest BCUT2D eigenvalue weighted by atomic mass is 32.1. The van der Waals surface area contributed by atoms with Gasteiger partial charge < -0.3 is 18.9 Å². The van der Waals surface area contributed by atoms with Crippen molar-refractivity contribution in [3.63, 3.8) is 0 Å². The summed E-state index contributed by atoms with van der Waals surface area (Å²) in [5.41, 5.74) is 1.83. The van der Waals surface area contributed by atoms with Crippen molar-refractivity contribution in [2.24, 2.45) is 0 Å². The fraction of sp³-hybridized carbons (Fsp3) is 0.211. The van der Waals surface area contributed by atoms with E-state index < -0.39 is 0 Å². The van der Waals surface area contributed by atoms with Gasteiger partial charge in [-0.2, -0.15) is 0 Å². The maximum absolute atomic E-state index is 5.44. The van der Waals surface area contributed by atoms with Crippen LogP contribution in [-0.4, -0.2) is 33.4 Å². The summed E-state index contributed by atoms with van der Waals surface area (Å²) >= 11 is 1.60. The van der Waals surface area contributed by atoms with Crippen LogP contribution in [0.1, 0.15) is 10.6 Å². The van der Waals surface area contributed by atoms with Gasteiger partial charge in [0.1, 0.15) is 16.5 Å². The molecule has 3 rings (SSSR count). The highest BCUT2D eigenvalue weighted by Gasteiger charge is 2.10. The Bertz CT molecular complexity index is 917. The molecule has 0 bridgehead atoms. The quantitative estimate of drug-likeness (QED) is 0.650. The molecule has 0 radical (unpaired) electrons. The van der Waals surface area contributed by atoms with Crippen molar-refractivity contribution < 1.29 is 18.9 Å². The highest BCUT2D eigenvalue weighted by molar-refractivity contribution is 7.19. The van der Waals surface area contributed by atoms with Crippen LogP contribution in [0.4, 0.5) is 0 Å². The standard InChI is InChI=1S/C19H19NO4S/c1-21-13-6-7-14-18(10-13)25-19(20-14)8-5-12-9-16(23-3)17(24-4)11-15(12)22-2/h5-11H,1-4H3. The predicted molar refractivity (Wildman–Crippen MR) is 101 cm³/mol. The van der Waals surface area contributed by atoms with Crippen LogP contribution in [0.2, 0.25) is 0 Å². The molecule has 6 heteroatoms. The maximum Gasteiger partial charge on any atom is 0.164 e. The average molecular weight is 357 g/mol. The Morgan fingerprint density at radius 3 is 2.20 bits per heavy atom. The van der Waals surface area contributed by atoms with Crippen LogP contribution in [0.3, 0.4) is 0 Å². The van der Waals surface area contributed by atoms with Crippen LogP contribution in [0.5, 0.6) is 23.0 Å². The molecule has 3 aromatic rings. The van der Waals surface area contributed by atoms with Crippen molar-refractivity contribution in [3.8, 4) is 23.0 Å². The third-order valence-electron chi connectivity index (χ3n) is 3.75. The van der Waals surface area contributed by atoms with Crippen molar-refractivity contribution in [2.45, 2.75) is 0 Å².